The van der Waals surface area contributed by atoms with E-state index in [2.05, 4.69) is 5.32 Å². The summed E-state index contributed by atoms with van der Waals surface area (Å²) in [5.74, 6) is -0.866. The minimum Gasteiger partial charge on any atom is -0.493 e. The minimum atomic E-state index is -0.717. The molecular formula is C20H23ClN2O5S. The van der Waals surface area contributed by atoms with E-state index >= 15 is 0 Å². The fourth-order valence-electron chi connectivity index (χ4n) is 2.67. The van der Waals surface area contributed by atoms with Crippen LogP contribution in [-0.2, 0) is 9.53 Å². The number of aryl methyl sites for hydroxylation is 1. The first-order chi connectivity index (χ1) is 13.7. The van der Waals surface area contributed by atoms with Gasteiger partial charge in [0, 0.05) is 11.4 Å². The number of rotatable bonds is 9. The van der Waals surface area contributed by atoms with Crippen molar-refractivity contribution in [2.45, 2.75) is 33.6 Å². The summed E-state index contributed by atoms with van der Waals surface area (Å²) in [5.41, 5.74) is 6.86. The first-order valence-electron chi connectivity index (χ1n) is 9.03. The molecule has 0 fully saturated rings. The zero-order valence-corrected chi connectivity index (χ0v) is 18.0. The van der Waals surface area contributed by atoms with Gasteiger partial charge in [0.05, 0.1) is 18.8 Å². The lowest BCUT2D eigenvalue weighted by Crippen LogP contribution is -2.17. The Bertz CT molecular complexity index is 926. The van der Waals surface area contributed by atoms with Crippen molar-refractivity contribution in [3.05, 3.63) is 44.8 Å². The highest BCUT2D eigenvalue weighted by molar-refractivity contribution is 7.18. The molecule has 2 rings (SSSR count). The van der Waals surface area contributed by atoms with E-state index in [1.165, 1.54) is 0 Å². The van der Waals surface area contributed by atoms with Gasteiger partial charge in [-0.2, -0.15) is 0 Å². The molecule has 7 nitrogen and oxygen atoms in total. The predicted molar refractivity (Wildman–Crippen MR) is 113 cm³/mol. The van der Waals surface area contributed by atoms with Crippen molar-refractivity contribution in [3.63, 3.8) is 0 Å². The van der Waals surface area contributed by atoms with E-state index in [0.29, 0.717) is 29.4 Å². The number of amides is 2. The number of hydrogen-bond donors (Lipinski definition) is 2. The van der Waals surface area contributed by atoms with Gasteiger partial charge >= 0.3 is 5.97 Å². The number of nitrogens with one attached hydrogen (secondary N) is 1. The summed E-state index contributed by atoms with van der Waals surface area (Å²) in [6.45, 7) is 5.72. The van der Waals surface area contributed by atoms with E-state index in [9.17, 15) is 14.4 Å². The van der Waals surface area contributed by atoms with Crippen molar-refractivity contribution in [3.8, 4) is 5.75 Å². The van der Waals surface area contributed by atoms with Gasteiger partial charge in [-0.25, -0.2) is 4.79 Å². The van der Waals surface area contributed by atoms with Crippen LogP contribution in [0, 0.1) is 13.8 Å². The Balaban J connectivity index is 1.96. The van der Waals surface area contributed by atoms with E-state index in [1.54, 1.807) is 32.0 Å². The maximum Gasteiger partial charge on any atom is 0.348 e. The third-order valence-electron chi connectivity index (χ3n) is 4.05. The molecule has 0 saturated carbocycles. The molecular weight excluding hydrogens is 416 g/mol. The number of anilines is 1. The van der Waals surface area contributed by atoms with Crippen LogP contribution in [0.2, 0.25) is 5.02 Å². The number of carbonyl (C=O) groups is 3. The Labute approximate surface area is 178 Å². The quantitative estimate of drug-likeness (QED) is 0.452. The van der Waals surface area contributed by atoms with Gasteiger partial charge in [-0.1, -0.05) is 11.6 Å². The van der Waals surface area contributed by atoms with Crippen LogP contribution in [0.25, 0.3) is 0 Å². The van der Waals surface area contributed by atoms with Crippen molar-refractivity contribution in [2.24, 2.45) is 5.73 Å². The van der Waals surface area contributed by atoms with Gasteiger partial charge < -0.3 is 20.5 Å². The molecule has 0 radical (unpaired) electrons. The topological polar surface area (TPSA) is 108 Å². The Hall–Kier alpha value is -2.58. The molecule has 29 heavy (non-hydrogen) atoms. The van der Waals surface area contributed by atoms with Crippen LogP contribution in [0.15, 0.2) is 18.2 Å². The second kappa shape index (κ2) is 10.3. The Kier molecular flexibility index (Phi) is 8.04. The SMILES string of the molecule is CCOC(=O)c1sc(NC(=O)CCCOc2ccc(Cl)cc2C)c(C(N)=O)c1C. The van der Waals surface area contributed by atoms with Gasteiger partial charge in [0.2, 0.25) is 5.91 Å². The number of carbonyl (C=O) groups excluding carboxylic acids is 3. The summed E-state index contributed by atoms with van der Waals surface area (Å²) < 4.78 is 10.6. The molecule has 2 amide bonds. The van der Waals surface area contributed by atoms with Gasteiger partial charge in [0.15, 0.2) is 0 Å². The Morgan fingerprint density at radius 1 is 1.24 bits per heavy atom. The van der Waals surface area contributed by atoms with Gasteiger partial charge in [0.1, 0.15) is 15.6 Å². The second-order valence-corrected chi connectivity index (χ2v) is 7.71. The number of hydrogen-bond acceptors (Lipinski definition) is 6. The highest BCUT2D eigenvalue weighted by Crippen LogP contribution is 2.33. The first-order valence-corrected chi connectivity index (χ1v) is 10.2. The molecule has 0 unspecified atom stereocenters. The highest BCUT2D eigenvalue weighted by atomic mass is 35.5. The van der Waals surface area contributed by atoms with E-state index < -0.39 is 11.9 Å². The lowest BCUT2D eigenvalue weighted by molar-refractivity contribution is -0.116. The van der Waals surface area contributed by atoms with E-state index in [1.807, 2.05) is 6.92 Å². The van der Waals surface area contributed by atoms with Crippen LogP contribution < -0.4 is 15.8 Å². The molecule has 1 aromatic carbocycles. The van der Waals surface area contributed by atoms with Crippen molar-refractivity contribution in [1.82, 2.24) is 0 Å². The molecule has 2 aromatic rings. The minimum absolute atomic E-state index is 0.124. The maximum absolute atomic E-state index is 12.3. The van der Waals surface area contributed by atoms with Crippen LogP contribution in [0.4, 0.5) is 5.00 Å². The summed E-state index contributed by atoms with van der Waals surface area (Å²) in [7, 11) is 0. The third-order valence-corrected chi connectivity index (χ3v) is 5.47. The molecule has 1 heterocycles. The molecule has 3 N–H and O–H groups in total. The number of nitrogens with two attached hydrogens (primary N) is 1. The third kappa shape index (κ3) is 5.95. The molecule has 0 aliphatic heterocycles. The van der Waals surface area contributed by atoms with E-state index in [4.69, 9.17) is 26.8 Å². The lowest BCUT2D eigenvalue weighted by atomic mass is 10.1. The van der Waals surface area contributed by atoms with Gasteiger partial charge in [-0.05, 0) is 56.5 Å². The largest absolute Gasteiger partial charge is 0.493 e. The molecule has 156 valence electrons. The second-order valence-electron chi connectivity index (χ2n) is 6.26. The normalized spacial score (nSPS) is 10.5. The lowest BCUT2D eigenvalue weighted by Gasteiger charge is -2.09. The number of primary amides is 1. The summed E-state index contributed by atoms with van der Waals surface area (Å²) in [4.78, 5) is 36.3. The molecule has 0 saturated heterocycles. The van der Waals surface area contributed by atoms with Crippen LogP contribution in [0.1, 0.15) is 50.9 Å². The van der Waals surface area contributed by atoms with Gasteiger partial charge in [-0.15, -0.1) is 11.3 Å². The molecule has 0 aliphatic carbocycles. The standard InChI is InChI=1S/C20H23ClN2O5S/c1-4-27-20(26)17-12(3)16(18(22)25)19(29-17)23-15(24)6-5-9-28-14-8-7-13(21)10-11(14)2/h7-8,10H,4-6,9H2,1-3H3,(H2,22,25)(H,23,24). The molecule has 0 atom stereocenters. The molecule has 0 aliphatic rings. The van der Waals surface area contributed by atoms with Crippen molar-refractivity contribution in [1.29, 1.82) is 0 Å². The zero-order valence-electron chi connectivity index (χ0n) is 16.5. The van der Waals surface area contributed by atoms with Crippen LogP contribution in [0.3, 0.4) is 0 Å². The summed E-state index contributed by atoms with van der Waals surface area (Å²) >= 11 is 6.89. The number of halogens is 1. The highest BCUT2D eigenvalue weighted by Gasteiger charge is 2.25. The van der Waals surface area contributed by atoms with E-state index in [0.717, 1.165) is 16.9 Å². The number of thiophene rings is 1. The average Bonchev–Trinajstić information content (AvgIpc) is 2.96. The smallest absolute Gasteiger partial charge is 0.348 e. The Morgan fingerprint density at radius 3 is 2.59 bits per heavy atom. The number of benzene rings is 1. The van der Waals surface area contributed by atoms with Crippen molar-refractivity contribution < 1.29 is 23.9 Å². The van der Waals surface area contributed by atoms with Crippen LogP contribution in [0.5, 0.6) is 5.75 Å². The van der Waals surface area contributed by atoms with Crippen LogP contribution >= 0.6 is 22.9 Å². The monoisotopic (exact) mass is 438 g/mol. The van der Waals surface area contributed by atoms with Gasteiger partial charge in [0.25, 0.3) is 5.91 Å². The number of ether oxygens (including phenoxy) is 2. The van der Waals surface area contributed by atoms with Crippen molar-refractivity contribution >= 4 is 45.7 Å². The van der Waals surface area contributed by atoms with E-state index in [-0.39, 0.29) is 34.4 Å². The first kappa shape index (κ1) is 22.7. The van der Waals surface area contributed by atoms with Crippen molar-refractivity contribution in [2.75, 3.05) is 18.5 Å². The zero-order chi connectivity index (χ0) is 21.6. The maximum atomic E-state index is 12.3. The number of esters is 1. The summed E-state index contributed by atoms with van der Waals surface area (Å²) in [5, 5.41) is 3.55. The molecule has 1 aromatic heterocycles. The molecule has 0 spiro atoms. The van der Waals surface area contributed by atoms with Crippen LogP contribution in [-0.4, -0.2) is 31.0 Å². The molecule has 9 heteroatoms. The summed E-state index contributed by atoms with van der Waals surface area (Å²) in [6, 6.07) is 5.32. The van der Waals surface area contributed by atoms with Gasteiger partial charge in [-0.3, -0.25) is 9.59 Å². The fourth-order valence-corrected chi connectivity index (χ4v) is 4.02. The molecule has 0 bridgehead atoms. The predicted octanol–water partition coefficient (Wildman–Crippen LogP) is 4.09. The fraction of sp³-hybridized carbons (Fsp3) is 0.350. The Morgan fingerprint density at radius 2 is 1.97 bits per heavy atom. The summed E-state index contributed by atoms with van der Waals surface area (Å²) in [6.07, 6.45) is 0.644. The average molecular weight is 439 g/mol.